The second-order valence-corrected chi connectivity index (χ2v) is 9.83. The average Bonchev–Trinajstić information content (AvgIpc) is 3.55. The molecule has 0 aliphatic heterocycles. The van der Waals surface area contributed by atoms with Crippen LogP contribution >= 0.6 is 0 Å². The lowest BCUT2D eigenvalue weighted by atomic mass is 10.1. The first-order valence-electron chi connectivity index (χ1n) is 11.0. The van der Waals surface area contributed by atoms with E-state index in [1.807, 2.05) is 13.0 Å². The number of fused-ring (bicyclic) bond motifs is 1. The van der Waals surface area contributed by atoms with E-state index in [1.165, 1.54) is 16.8 Å². The summed E-state index contributed by atoms with van der Waals surface area (Å²) < 4.78 is 34.9. The molecule has 2 aromatic carbocycles. The van der Waals surface area contributed by atoms with Crippen LogP contribution in [0.2, 0.25) is 0 Å². The molecular formula is C26H22N4O4S. The first-order valence-corrected chi connectivity index (χ1v) is 12.4. The van der Waals surface area contributed by atoms with E-state index in [0.717, 1.165) is 11.1 Å². The zero-order chi connectivity index (χ0) is 24.6. The molecule has 5 aromatic rings. The van der Waals surface area contributed by atoms with E-state index in [2.05, 4.69) is 10.1 Å². The highest BCUT2D eigenvalue weighted by atomic mass is 32.2. The third kappa shape index (κ3) is 4.00. The Morgan fingerprint density at radius 1 is 1.06 bits per heavy atom. The van der Waals surface area contributed by atoms with Crippen LogP contribution in [0.5, 0.6) is 0 Å². The molecule has 3 aromatic heterocycles. The van der Waals surface area contributed by atoms with Gasteiger partial charge >= 0.3 is 0 Å². The number of carbonyl (C=O) groups is 1. The molecule has 3 heterocycles. The summed E-state index contributed by atoms with van der Waals surface area (Å²) >= 11 is 0. The second-order valence-electron chi connectivity index (χ2n) is 7.96. The molecule has 0 unspecified atom stereocenters. The molecule has 0 amide bonds. The van der Waals surface area contributed by atoms with Crippen molar-refractivity contribution in [3.05, 3.63) is 102 Å². The minimum Gasteiger partial charge on any atom is -0.461 e. The van der Waals surface area contributed by atoms with Gasteiger partial charge in [0.25, 0.3) is 10.0 Å². The number of hydrogen-bond donors (Lipinski definition) is 0. The van der Waals surface area contributed by atoms with Crippen LogP contribution in [-0.4, -0.2) is 35.3 Å². The molecule has 0 radical (unpaired) electrons. The lowest BCUT2D eigenvalue weighted by Crippen LogP contribution is -2.30. The largest absolute Gasteiger partial charge is 0.461 e. The van der Waals surface area contributed by atoms with E-state index >= 15 is 0 Å². The average molecular weight is 487 g/mol. The first kappa shape index (κ1) is 22.5. The van der Waals surface area contributed by atoms with Crippen molar-refractivity contribution in [2.75, 3.05) is 10.8 Å². The molecule has 176 valence electrons. The minimum absolute atomic E-state index is 0.203. The Bertz CT molecular complexity index is 1620. The minimum atomic E-state index is -3.75. The summed E-state index contributed by atoms with van der Waals surface area (Å²) in [5, 5.41) is 4.39. The number of anilines is 1. The van der Waals surface area contributed by atoms with Gasteiger partial charge in [-0.15, -0.1) is 0 Å². The maximum atomic E-state index is 13.4. The van der Waals surface area contributed by atoms with Gasteiger partial charge in [0.1, 0.15) is 0 Å². The summed E-state index contributed by atoms with van der Waals surface area (Å²) in [4.78, 5) is 17.4. The number of nitrogens with zero attached hydrogens (tertiary/aromatic N) is 4. The van der Waals surface area contributed by atoms with Crippen LogP contribution in [0.4, 0.5) is 5.69 Å². The molecule has 0 saturated heterocycles. The molecule has 35 heavy (non-hydrogen) atoms. The number of sulfonamides is 1. The Morgan fingerprint density at radius 3 is 2.57 bits per heavy atom. The molecule has 0 aliphatic carbocycles. The Hall–Kier alpha value is -4.24. The standard InChI is InChI=1S/C26H22N4O4S/c1-3-29(35(32,33)21-11-9-18(2)10-12-21)20-7-4-6-19(16-20)23-13-14-27-26-22(17-28-30(23)26)25(31)24-8-5-15-34-24/h4-17H,3H2,1-2H3. The predicted molar refractivity (Wildman–Crippen MR) is 132 cm³/mol. The van der Waals surface area contributed by atoms with Crippen LogP contribution in [-0.2, 0) is 10.0 Å². The highest BCUT2D eigenvalue weighted by molar-refractivity contribution is 7.92. The van der Waals surface area contributed by atoms with Gasteiger partial charge in [-0.2, -0.15) is 5.10 Å². The van der Waals surface area contributed by atoms with Crippen LogP contribution < -0.4 is 4.31 Å². The number of furan rings is 1. The number of benzene rings is 2. The second kappa shape index (κ2) is 8.84. The van der Waals surface area contributed by atoms with Gasteiger partial charge in [-0.05, 0) is 56.3 Å². The van der Waals surface area contributed by atoms with E-state index in [0.29, 0.717) is 22.6 Å². The van der Waals surface area contributed by atoms with E-state index < -0.39 is 10.0 Å². The zero-order valence-corrected chi connectivity index (χ0v) is 19.9. The Labute approximate surface area is 202 Å². The molecule has 0 bridgehead atoms. The molecule has 8 nitrogen and oxygen atoms in total. The normalized spacial score (nSPS) is 11.6. The van der Waals surface area contributed by atoms with Crippen LogP contribution in [0.1, 0.15) is 28.6 Å². The third-order valence-corrected chi connectivity index (χ3v) is 7.63. The van der Waals surface area contributed by atoms with E-state index in [4.69, 9.17) is 4.42 Å². The highest BCUT2D eigenvalue weighted by Gasteiger charge is 2.24. The summed E-state index contributed by atoms with van der Waals surface area (Å²) in [5.41, 5.74) is 3.60. The highest BCUT2D eigenvalue weighted by Crippen LogP contribution is 2.29. The van der Waals surface area contributed by atoms with Crippen LogP contribution in [0.3, 0.4) is 0 Å². The maximum absolute atomic E-state index is 13.4. The fourth-order valence-corrected chi connectivity index (χ4v) is 5.43. The fraction of sp³-hybridized carbons (Fsp3) is 0.115. The van der Waals surface area contributed by atoms with Gasteiger partial charge in [-0.3, -0.25) is 9.10 Å². The summed E-state index contributed by atoms with van der Waals surface area (Å²) in [6, 6.07) is 19.0. The molecule has 5 rings (SSSR count). The summed E-state index contributed by atoms with van der Waals surface area (Å²) in [5.74, 6) is -0.112. The van der Waals surface area contributed by atoms with E-state index in [1.54, 1.807) is 78.3 Å². The van der Waals surface area contributed by atoms with Crippen LogP contribution in [0.25, 0.3) is 16.9 Å². The molecule has 0 aliphatic rings. The van der Waals surface area contributed by atoms with Crippen molar-refractivity contribution in [3.63, 3.8) is 0 Å². The van der Waals surface area contributed by atoms with Crippen molar-refractivity contribution in [2.45, 2.75) is 18.7 Å². The van der Waals surface area contributed by atoms with Crippen molar-refractivity contribution in [2.24, 2.45) is 0 Å². The molecule has 0 spiro atoms. The molecule has 0 fully saturated rings. The Kier molecular flexibility index (Phi) is 5.70. The summed E-state index contributed by atoms with van der Waals surface area (Å²) in [7, 11) is -3.75. The molecule has 0 saturated carbocycles. The number of hydrogen-bond acceptors (Lipinski definition) is 6. The Balaban J connectivity index is 1.56. The maximum Gasteiger partial charge on any atom is 0.264 e. The van der Waals surface area contributed by atoms with Gasteiger partial charge in [-0.25, -0.2) is 17.9 Å². The van der Waals surface area contributed by atoms with Gasteiger partial charge in [0.15, 0.2) is 11.4 Å². The summed E-state index contributed by atoms with van der Waals surface area (Å²) in [6.07, 6.45) is 4.49. The number of rotatable bonds is 7. The van der Waals surface area contributed by atoms with E-state index in [-0.39, 0.29) is 23.0 Å². The number of ketones is 1. The van der Waals surface area contributed by atoms with Crippen molar-refractivity contribution < 1.29 is 17.6 Å². The zero-order valence-electron chi connectivity index (χ0n) is 19.1. The fourth-order valence-electron chi connectivity index (χ4n) is 3.96. The number of aromatic nitrogens is 3. The third-order valence-electron chi connectivity index (χ3n) is 5.72. The van der Waals surface area contributed by atoms with Crippen molar-refractivity contribution >= 4 is 27.1 Å². The SMILES string of the molecule is CCN(c1cccc(-c2ccnc3c(C(=O)c4ccco4)cnn23)c1)S(=O)(=O)c1ccc(C)cc1. The number of aryl methyl sites for hydroxylation is 1. The van der Waals surface area contributed by atoms with Crippen LogP contribution in [0, 0.1) is 6.92 Å². The van der Waals surface area contributed by atoms with Crippen molar-refractivity contribution in [3.8, 4) is 11.3 Å². The lowest BCUT2D eigenvalue weighted by molar-refractivity contribution is 0.101. The van der Waals surface area contributed by atoms with Crippen LogP contribution in [0.15, 0.2) is 94.7 Å². The Morgan fingerprint density at radius 2 is 1.86 bits per heavy atom. The monoisotopic (exact) mass is 486 g/mol. The molecule has 0 N–H and O–H groups in total. The van der Waals surface area contributed by atoms with Gasteiger partial charge in [0.05, 0.1) is 34.3 Å². The smallest absolute Gasteiger partial charge is 0.264 e. The number of carbonyl (C=O) groups excluding carboxylic acids is 1. The summed E-state index contributed by atoms with van der Waals surface area (Å²) in [6.45, 7) is 3.97. The van der Waals surface area contributed by atoms with E-state index in [9.17, 15) is 13.2 Å². The van der Waals surface area contributed by atoms with Crippen molar-refractivity contribution in [1.29, 1.82) is 0 Å². The quantitative estimate of drug-likeness (QED) is 0.308. The molecular weight excluding hydrogens is 464 g/mol. The predicted octanol–water partition coefficient (Wildman–Crippen LogP) is 4.74. The molecule has 9 heteroatoms. The first-order chi connectivity index (χ1) is 16.9. The lowest BCUT2D eigenvalue weighted by Gasteiger charge is -2.23. The van der Waals surface area contributed by atoms with Gasteiger partial charge in [0.2, 0.25) is 5.78 Å². The topological polar surface area (TPSA) is 97.8 Å². The van der Waals surface area contributed by atoms with Crippen molar-refractivity contribution in [1.82, 2.24) is 14.6 Å². The molecule has 0 atom stereocenters. The van der Waals surface area contributed by atoms with Gasteiger partial charge in [0, 0.05) is 18.3 Å². The van der Waals surface area contributed by atoms with Gasteiger partial charge in [-0.1, -0.05) is 29.8 Å². The van der Waals surface area contributed by atoms with Gasteiger partial charge < -0.3 is 4.42 Å².